The van der Waals surface area contributed by atoms with Crippen LogP contribution >= 0.6 is 0 Å². The van der Waals surface area contributed by atoms with Crippen LogP contribution in [0.3, 0.4) is 0 Å². The van der Waals surface area contributed by atoms with Crippen molar-refractivity contribution in [3.63, 3.8) is 0 Å². The zero-order chi connectivity index (χ0) is 22.2. The zero-order valence-electron chi connectivity index (χ0n) is 17.9. The maximum Gasteiger partial charge on any atom is 0.251 e. The third kappa shape index (κ3) is 5.43. The average molecular weight is 426 g/mol. The molecule has 0 unspecified atom stereocenters. The van der Waals surface area contributed by atoms with Crippen molar-refractivity contribution in [2.24, 2.45) is 0 Å². The van der Waals surface area contributed by atoms with Crippen LogP contribution in [0.15, 0.2) is 97.2 Å². The van der Waals surface area contributed by atoms with Gasteiger partial charge in [0.1, 0.15) is 6.04 Å². The maximum absolute atomic E-state index is 13.0. The van der Waals surface area contributed by atoms with E-state index in [4.69, 9.17) is 0 Å². The first-order chi connectivity index (χ1) is 15.7. The van der Waals surface area contributed by atoms with Crippen LogP contribution < -0.4 is 10.6 Å². The van der Waals surface area contributed by atoms with Crippen LogP contribution in [0.5, 0.6) is 0 Å². The molecule has 4 aromatic rings. The van der Waals surface area contributed by atoms with Gasteiger partial charge in [0, 0.05) is 36.8 Å². The number of benzene rings is 3. The minimum atomic E-state index is -0.641. The molecular formula is C27H27N3O2. The van der Waals surface area contributed by atoms with Gasteiger partial charge in [0.05, 0.1) is 0 Å². The highest BCUT2D eigenvalue weighted by Gasteiger charge is 2.21. The molecule has 2 amide bonds. The largest absolute Gasteiger partial charge is 0.354 e. The van der Waals surface area contributed by atoms with Gasteiger partial charge in [-0.2, -0.15) is 0 Å². The van der Waals surface area contributed by atoms with Gasteiger partial charge in [0.25, 0.3) is 5.91 Å². The molecule has 0 spiro atoms. The summed E-state index contributed by atoms with van der Waals surface area (Å²) in [5, 5.41) is 7.12. The third-order valence-electron chi connectivity index (χ3n) is 5.50. The molecule has 5 heteroatoms. The molecule has 1 aromatic heterocycles. The lowest BCUT2D eigenvalue weighted by Gasteiger charge is -2.19. The highest BCUT2D eigenvalue weighted by atomic mass is 16.2. The summed E-state index contributed by atoms with van der Waals surface area (Å²) in [5.41, 5.74) is 2.73. The number of nitrogens with one attached hydrogen (secondary N) is 2. The Labute approximate surface area is 188 Å². The van der Waals surface area contributed by atoms with Gasteiger partial charge in [-0.15, -0.1) is 0 Å². The molecule has 0 aliphatic heterocycles. The summed E-state index contributed by atoms with van der Waals surface area (Å²) in [6.07, 6.45) is 3.31. The Hall–Kier alpha value is -3.86. The first-order valence-electron chi connectivity index (χ1n) is 10.9. The smallest absolute Gasteiger partial charge is 0.251 e. The Morgan fingerprint density at radius 1 is 0.812 bits per heavy atom. The summed E-state index contributed by atoms with van der Waals surface area (Å²) < 4.78 is 2.19. The van der Waals surface area contributed by atoms with E-state index in [1.165, 1.54) is 10.9 Å². The van der Waals surface area contributed by atoms with Crippen LogP contribution in [0.1, 0.15) is 22.3 Å². The van der Waals surface area contributed by atoms with E-state index in [-0.39, 0.29) is 11.8 Å². The average Bonchev–Trinajstić information content (AvgIpc) is 3.25. The van der Waals surface area contributed by atoms with Crippen LogP contribution in [-0.2, 0) is 17.8 Å². The highest BCUT2D eigenvalue weighted by Crippen LogP contribution is 2.15. The molecule has 1 atom stereocenters. The van der Waals surface area contributed by atoms with E-state index in [2.05, 4.69) is 39.6 Å². The lowest BCUT2D eigenvalue weighted by molar-refractivity contribution is -0.122. The molecule has 0 saturated heterocycles. The van der Waals surface area contributed by atoms with E-state index < -0.39 is 6.04 Å². The second kappa shape index (κ2) is 10.4. The summed E-state index contributed by atoms with van der Waals surface area (Å²) in [6, 6.07) is 28.4. The SMILES string of the molecule is O=C(N[C@H](Cc1ccccc1)C(=O)NCCCn1ccc2ccccc21)c1ccccc1. The molecule has 3 aromatic carbocycles. The van der Waals surface area contributed by atoms with Gasteiger partial charge in [0.15, 0.2) is 0 Å². The Morgan fingerprint density at radius 2 is 1.50 bits per heavy atom. The molecule has 162 valence electrons. The number of amides is 2. The van der Waals surface area contributed by atoms with Gasteiger partial charge in [0.2, 0.25) is 5.91 Å². The van der Waals surface area contributed by atoms with Crippen LogP contribution in [0.4, 0.5) is 0 Å². The summed E-state index contributed by atoms with van der Waals surface area (Å²) in [5.74, 6) is -0.420. The quantitative estimate of drug-likeness (QED) is 0.395. The molecule has 0 bridgehead atoms. The van der Waals surface area contributed by atoms with E-state index in [1.54, 1.807) is 12.1 Å². The molecule has 4 rings (SSSR count). The Bertz CT molecular complexity index is 1170. The molecular weight excluding hydrogens is 398 g/mol. The molecule has 0 fully saturated rings. The molecule has 0 aliphatic carbocycles. The fourth-order valence-corrected chi connectivity index (χ4v) is 3.81. The minimum absolute atomic E-state index is 0.171. The van der Waals surface area contributed by atoms with Crippen LogP contribution in [-0.4, -0.2) is 29.0 Å². The first-order valence-corrected chi connectivity index (χ1v) is 10.9. The van der Waals surface area contributed by atoms with Gasteiger partial charge in [-0.3, -0.25) is 9.59 Å². The summed E-state index contributed by atoms with van der Waals surface area (Å²) in [7, 11) is 0. The Morgan fingerprint density at radius 3 is 2.28 bits per heavy atom. The topological polar surface area (TPSA) is 63.1 Å². The van der Waals surface area contributed by atoms with E-state index in [1.807, 2.05) is 60.7 Å². The molecule has 0 radical (unpaired) electrons. The van der Waals surface area contributed by atoms with E-state index in [0.717, 1.165) is 18.5 Å². The van der Waals surface area contributed by atoms with Crippen molar-refractivity contribution in [3.05, 3.63) is 108 Å². The van der Waals surface area contributed by atoms with Gasteiger partial charge >= 0.3 is 0 Å². The van der Waals surface area contributed by atoms with Crippen molar-refractivity contribution < 1.29 is 9.59 Å². The van der Waals surface area contributed by atoms with Gasteiger partial charge in [-0.05, 0) is 41.6 Å². The molecule has 32 heavy (non-hydrogen) atoms. The van der Waals surface area contributed by atoms with Gasteiger partial charge < -0.3 is 15.2 Å². The number of hydrogen-bond acceptors (Lipinski definition) is 2. The van der Waals surface area contributed by atoms with E-state index in [0.29, 0.717) is 18.5 Å². The summed E-state index contributed by atoms with van der Waals surface area (Å²) >= 11 is 0. The van der Waals surface area contributed by atoms with E-state index in [9.17, 15) is 9.59 Å². The first kappa shape index (κ1) is 21.4. The van der Waals surface area contributed by atoms with Crippen molar-refractivity contribution in [2.45, 2.75) is 25.4 Å². The minimum Gasteiger partial charge on any atom is -0.354 e. The molecule has 0 saturated carbocycles. The Balaban J connectivity index is 1.36. The fraction of sp³-hybridized carbons (Fsp3) is 0.185. The normalized spacial score (nSPS) is 11.8. The number of nitrogens with zero attached hydrogens (tertiary/aromatic N) is 1. The van der Waals surface area contributed by atoms with Gasteiger partial charge in [-0.1, -0.05) is 66.7 Å². The fourth-order valence-electron chi connectivity index (χ4n) is 3.81. The molecule has 1 heterocycles. The van der Waals surface area contributed by atoms with Gasteiger partial charge in [-0.25, -0.2) is 0 Å². The Kier molecular flexibility index (Phi) is 6.98. The second-order valence-corrected chi connectivity index (χ2v) is 7.79. The maximum atomic E-state index is 13.0. The number of aryl methyl sites for hydroxylation is 1. The molecule has 0 aliphatic rings. The predicted molar refractivity (Wildman–Crippen MR) is 127 cm³/mol. The lowest BCUT2D eigenvalue weighted by Crippen LogP contribution is -2.48. The van der Waals surface area contributed by atoms with Crippen molar-refractivity contribution in [2.75, 3.05) is 6.54 Å². The second-order valence-electron chi connectivity index (χ2n) is 7.79. The van der Waals surface area contributed by atoms with E-state index >= 15 is 0 Å². The number of aromatic nitrogens is 1. The number of carbonyl (C=O) groups is 2. The van der Waals surface area contributed by atoms with Crippen LogP contribution in [0, 0.1) is 0 Å². The number of rotatable bonds is 9. The van der Waals surface area contributed by atoms with Crippen molar-refractivity contribution >= 4 is 22.7 Å². The van der Waals surface area contributed by atoms with Crippen molar-refractivity contribution in [1.29, 1.82) is 0 Å². The van der Waals surface area contributed by atoms with Crippen LogP contribution in [0.25, 0.3) is 10.9 Å². The standard InChI is InChI=1S/C27H27N3O2/c31-26(23-13-5-2-6-14-23)29-24(20-21-10-3-1-4-11-21)27(32)28-17-9-18-30-19-16-22-12-7-8-15-25(22)30/h1-8,10-16,19,24H,9,17-18,20H2,(H,28,32)(H,29,31)/t24-/m1/s1. The number of carbonyl (C=O) groups excluding carboxylic acids is 2. The zero-order valence-corrected chi connectivity index (χ0v) is 17.9. The van der Waals surface area contributed by atoms with Crippen molar-refractivity contribution in [1.82, 2.24) is 15.2 Å². The lowest BCUT2D eigenvalue weighted by atomic mass is 10.0. The molecule has 5 nitrogen and oxygen atoms in total. The summed E-state index contributed by atoms with van der Waals surface area (Å²) in [4.78, 5) is 25.6. The highest BCUT2D eigenvalue weighted by molar-refractivity contribution is 5.97. The predicted octanol–water partition coefficient (Wildman–Crippen LogP) is 4.19. The number of fused-ring (bicyclic) bond motifs is 1. The monoisotopic (exact) mass is 425 g/mol. The van der Waals surface area contributed by atoms with Crippen LogP contribution in [0.2, 0.25) is 0 Å². The number of para-hydroxylation sites is 1. The number of hydrogen-bond donors (Lipinski definition) is 2. The third-order valence-corrected chi connectivity index (χ3v) is 5.50. The summed E-state index contributed by atoms with van der Waals surface area (Å²) in [6.45, 7) is 1.35. The van der Waals surface area contributed by atoms with Crippen molar-refractivity contribution in [3.8, 4) is 0 Å². The molecule has 2 N–H and O–H groups in total.